The molecule has 1 fully saturated rings. The van der Waals surface area contributed by atoms with Crippen LogP contribution in [0.3, 0.4) is 0 Å². The molecule has 0 aliphatic heterocycles. The van der Waals surface area contributed by atoms with Crippen molar-refractivity contribution >= 4 is 12.6 Å². The largest absolute Gasteiger partial charge is 0.179 e. The molecule has 2 atom stereocenters. The number of hydrogen-bond donors (Lipinski definition) is 1. The lowest BCUT2D eigenvalue weighted by molar-refractivity contribution is 0.411. The molecule has 0 aromatic carbocycles. The summed E-state index contributed by atoms with van der Waals surface area (Å²) in [5, 5.41) is 0. The minimum atomic E-state index is 0.897. The van der Waals surface area contributed by atoms with E-state index in [1.807, 2.05) is 0 Å². The molecule has 2 unspecified atom stereocenters. The van der Waals surface area contributed by atoms with Gasteiger partial charge in [0, 0.05) is 0 Å². The quantitative estimate of drug-likeness (QED) is 0.535. The molecule has 1 aliphatic carbocycles. The van der Waals surface area contributed by atoms with Crippen molar-refractivity contribution in [3.8, 4) is 0 Å². The van der Waals surface area contributed by atoms with E-state index in [4.69, 9.17) is 0 Å². The summed E-state index contributed by atoms with van der Waals surface area (Å²) in [6.45, 7) is 2.45. The molecule has 0 saturated heterocycles. The van der Waals surface area contributed by atoms with Crippen LogP contribution in [-0.2, 0) is 0 Å². The van der Waals surface area contributed by atoms with Crippen molar-refractivity contribution < 1.29 is 0 Å². The third-order valence-electron chi connectivity index (χ3n) is 4.63. The van der Waals surface area contributed by atoms with Crippen molar-refractivity contribution in [1.29, 1.82) is 0 Å². The van der Waals surface area contributed by atoms with E-state index in [-0.39, 0.29) is 0 Å². The molecular formula is C17H34S. The Morgan fingerprint density at radius 2 is 1.06 bits per heavy atom. The molecular weight excluding hydrogens is 236 g/mol. The van der Waals surface area contributed by atoms with E-state index in [1.165, 1.54) is 83.5 Å². The van der Waals surface area contributed by atoms with Gasteiger partial charge in [0.1, 0.15) is 0 Å². The zero-order valence-electron chi connectivity index (χ0n) is 12.5. The van der Waals surface area contributed by atoms with Crippen LogP contribution in [-0.4, -0.2) is 5.75 Å². The van der Waals surface area contributed by atoms with E-state index >= 15 is 0 Å². The first kappa shape index (κ1) is 16.4. The Balaban J connectivity index is 2.25. The van der Waals surface area contributed by atoms with E-state index in [1.54, 1.807) is 0 Å². The maximum atomic E-state index is 4.53. The van der Waals surface area contributed by atoms with E-state index in [0.717, 1.165) is 17.6 Å². The van der Waals surface area contributed by atoms with Gasteiger partial charge in [0.2, 0.25) is 0 Å². The summed E-state index contributed by atoms with van der Waals surface area (Å²) in [7, 11) is 0. The lowest BCUT2D eigenvalue weighted by Gasteiger charge is -2.15. The fraction of sp³-hybridized carbons (Fsp3) is 1.00. The first-order chi connectivity index (χ1) is 8.83. The normalized spacial score (nSPS) is 30.3. The second-order valence-electron chi connectivity index (χ2n) is 6.49. The van der Waals surface area contributed by atoms with Crippen molar-refractivity contribution in [2.45, 2.75) is 90.4 Å². The summed E-state index contributed by atoms with van der Waals surface area (Å²) < 4.78 is 0. The maximum Gasteiger partial charge on any atom is -0.00695 e. The minimum Gasteiger partial charge on any atom is -0.179 e. The average molecular weight is 271 g/mol. The van der Waals surface area contributed by atoms with Crippen LogP contribution in [0, 0.1) is 11.8 Å². The highest BCUT2D eigenvalue weighted by molar-refractivity contribution is 7.80. The summed E-state index contributed by atoms with van der Waals surface area (Å²) in [6, 6.07) is 0. The predicted molar refractivity (Wildman–Crippen MR) is 86.5 cm³/mol. The molecule has 108 valence electrons. The molecule has 0 radical (unpaired) electrons. The lowest BCUT2D eigenvalue weighted by atomic mass is 9.93. The van der Waals surface area contributed by atoms with Gasteiger partial charge >= 0.3 is 0 Å². The molecule has 1 heteroatoms. The fourth-order valence-corrected chi connectivity index (χ4v) is 3.57. The summed E-state index contributed by atoms with van der Waals surface area (Å²) in [6.07, 6.45) is 18.9. The van der Waals surface area contributed by atoms with Crippen molar-refractivity contribution in [1.82, 2.24) is 0 Å². The third kappa shape index (κ3) is 8.45. The Morgan fingerprint density at radius 3 is 1.61 bits per heavy atom. The van der Waals surface area contributed by atoms with E-state index in [0.29, 0.717) is 0 Å². The highest BCUT2D eigenvalue weighted by atomic mass is 32.1. The Bertz CT molecular complexity index is 178. The second kappa shape index (κ2) is 11.2. The summed E-state index contributed by atoms with van der Waals surface area (Å²) >= 11 is 4.53. The summed E-state index contributed by atoms with van der Waals surface area (Å²) in [5.41, 5.74) is 0. The van der Waals surface area contributed by atoms with Gasteiger partial charge in [0.05, 0.1) is 0 Å². The van der Waals surface area contributed by atoms with Gasteiger partial charge in [-0.1, -0.05) is 77.6 Å². The van der Waals surface area contributed by atoms with Crippen molar-refractivity contribution in [3.05, 3.63) is 0 Å². The second-order valence-corrected chi connectivity index (χ2v) is 6.86. The SMILES string of the molecule is CC1CCCCCCCCCC(CS)CCCC1. The predicted octanol–water partition coefficient (Wildman–Crippen LogP) is 6.25. The van der Waals surface area contributed by atoms with Gasteiger partial charge in [-0.25, -0.2) is 0 Å². The van der Waals surface area contributed by atoms with Crippen molar-refractivity contribution in [2.75, 3.05) is 5.75 Å². The van der Waals surface area contributed by atoms with Gasteiger partial charge in [0.25, 0.3) is 0 Å². The number of thiol groups is 1. The van der Waals surface area contributed by atoms with Crippen LogP contribution < -0.4 is 0 Å². The van der Waals surface area contributed by atoms with Crippen molar-refractivity contribution in [3.63, 3.8) is 0 Å². The molecule has 18 heavy (non-hydrogen) atoms. The summed E-state index contributed by atoms with van der Waals surface area (Å²) in [4.78, 5) is 0. The fourth-order valence-electron chi connectivity index (χ4n) is 3.21. The highest BCUT2D eigenvalue weighted by Gasteiger charge is 2.08. The van der Waals surface area contributed by atoms with Crippen LogP contribution in [0.15, 0.2) is 0 Å². The molecule has 1 saturated carbocycles. The van der Waals surface area contributed by atoms with E-state index < -0.39 is 0 Å². The smallest absolute Gasteiger partial charge is 0.00695 e. The average Bonchev–Trinajstić information content (AvgIpc) is 2.39. The molecule has 0 spiro atoms. The number of hydrogen-bond acceptors (Lipinski definition) is 1. The molecule has 0 aromatic rings. The van der Waals surface area contributed by atoms with E-state index in [2.05, 4.69) is 19.6 Å². The molecule has 0 bridgehead atoms. The van der Waals surface area contributed by atoms with Crippen LogP contribution in [0.25, 0.3) is 0 Å². The van der Waals surface area contributed by atoms with Gasteiger partial charge in [0.15, 0.2) is 0 Å². The molecule has 0 nitrogen and oxygen atoms in total. The third-order valence-corrected chi connectivity index (χ3v) is 5.14. The highest BCUT2D eigenvalue weighted by Crippen LogP contribution is 2.23. The molecule has 0 amide bonds. The van der Waals surface area contributed by atoms with Crippen LogP contribution in [0.2, 0.25) is 0 Å². The van der Waals surface area contributed by atoms with E-state index in [9.17, 15) is 0 Å². The first-order valence-corrected chi connectivity index (χ1v) is 9.07. The first-order valence-electron chi connectivity index (χ1n) is 8.43. The lowest BCUT2D eigenvalue weighted by Crippen LogP contribution is -2.03. The Morgan fingerprint density at radius 1 is 0.667 bits per heavy atom. The standard InChI is InChI=1S/C17H34S/c1-16-11-7-5-3-2-4-6-8-13-17(15-18)14-10-9-12-16/h16-18H,2-15H2,1H3. The Hall–Kier alpha value is 0.350. The van der Waals surface area contributed by atoms with Crippen LogP contribution in [0.4, 0.5) is 0 Å². The van der Waals surface area contributed by atoms with Crippen molar-refractivity contribution in [2.24, 2.45) is 11.8 Å². The molecule has 1 rings (SSSR count). The van der Waals surface area contributed by atoms with Crippen LogP contribution >= 0.6 is 12.6 Å². The molecule has 0 N–H and O–H groups in total. The maximum absolute atomic E-state index is 4.53. The topological polar surface area (TPSA) is 0 Å². The minimum absolute atomic E-state index is 0.897. The van der Waals surface area contributed by atoms with Gasteiger partial charge in [-0.15, -0.1) is 0 Å². The molecule has 0 aromatic heterocycles. The van der Waals surface area contributed by atoms with Gasteiger partial charge in [-0.2, -0.15) is 12.6 Å². The zero-order valence-corrected chi connectivity index (χ0v) is 13.4. The summed E-state index contributed by atoms with van der Waals surface area (Å²) in [5.74, 6) is 2.97. The monoisotopic (exact) mass is 270 g/mol. The Kier molecular flexibility index (Phi) is 10.2. The molecule has 0 heterocycles. The Labute approximate surface area is 121 Å². The van der Waals surface area contributed by atoms with Gasteiger partial charge in [-0.05, 0) is 30.4 Å². The zero-order chi connectivity index (χ0) is 13.1. The van der Waals surface area contributed by atoms with Gasteiger partial charge < -0.3 is 0 Å². The van der Waals surface area contributed by atoms with Crippen LogP contribution in [0.5, 0.6) is 0 Å². The van der Waals surface area contributed by atoms with Crippen LogP contribution in [0.1, 0.15) is 90.4 Å². The molecule has 1 aliphatic rings. The number of rotatable bonds is 1. The van der Waals surface area contributed by atoms with Gasteiger partial charge in [-0.3, -0.25) is 0 Å².